The van der Waals surface area contributed by atoms with Gasteiger partial charge in [-0.15, -0.1) is 0 Å². The molecule has 0 aliphatic heterocycles. The highest BCUT2D eigenvalue weighted by Gasteiger charge is 2.39. The van der Waals surface area contributed by atoms with Crippen LogP contribution in [-0.2, 0) is 21.5 Å². The summed E-state index contributed by atoms with van der Waals surface area (Å²) < 4.78 is 8.03. The van der Waals surface area contributed by atoms with Gasteiger partial charge in [0, 0.05) is 25.4 Å². The molecule has 1 atom stereocenters. The van der Waals surface area contributed by atoms with E-state index in [0.717, 1.165) is 23.1 Å². The van der Waals surface area contributed by atoms with Crippen LogP contribution in [0.4, 0.5) is 0 Å². The second kappa shape index (κ2) is 4.90. The number of carbonyl (C=O) groups excluding carboxylic acids is 1. The Labute approximate surface area is 109 Å². The number of methoxy groups -OCH3 is 1. The summed E-state index contributed by atoms with van der Waals surface area (Å²) in [7, 11) is 1.68. The average Bonchev–Trinajstić information content (AvgIpc) is 2.80. The maximum Gasteiger partial charge on any atom is 0.133 e. The minimum atomic E-state index is -0.0832. The zero-order chi connectivity index (χ0) is 12.5. The van der Waals surface area contributed by atoms with E-state index in [1.165, 1.54) is 0 Å². The SMILES string of the molecule is COCCn1ncc(Br)c1C1(C)CCC(=O)C1. The summed E-state index contributed by atoms with van der Waals surface area (Å²) >= 11 is 3.54. The number of rotatable bonds is 4. The van der Waals surface area contributed by atoms with Gasteiger partial charge in [0.25, 0.3) is 0 Å². The van der Waals surface area contributed by atoms with E-state index in [9.17, 15) is 4.79 Å². The zero-order valence-electron chi connectivity index (χ0n) is 10.2. The number of halogens is 1. The van der Waals surface area contributed by atoms with E-state index in [0.29, 0.717) is 25.2 Å². The van der Waals surface area contributed by atoms with E-state index >= 15 is 0 Å². The van der Waals surface area contributed by atoms with E-state index in [4.69, 9.17) is 4.74 Å². The normalized spacial score (nSPS) is 24.5. The van der Waals surface area contributed by atoms with Crippen LogP contribution in [0.25, 0.3) is 0 Å². The minimum absolute atomic E-state index is 0.0832. The summed E-state index contributed by atoms with van der Waals surface area (Å²) in [5.74, 6) is 0.346. The molecule has 1 heterocycles. The van der Waals surface area contributed by atoms with Crippen LogP contribution < -0.4 is 0 Å². The number of ketones is 1. The third-order valence-corrected chi connectivity index (χ3v) is 4.00. The van der Waals surface area contributed by atoms with Crippen LogP contribution in [0.5, 0.6) is 0 Å². The molecule has 0 radical (unpaired) electrons. The van der Waals surface area contributed by atoms with Gasteiger partial charge in [-0.3, -0.25) is 9.48 Å². The Hall–Kier alpha value is -0.680. The Kier molecular flexibility index (Phi) is 3.68. The van der Waals surface area contributed by atoms with E-state index in [1.807, 2.05) is 4.68 Å². The van der Waals surface area contributed by atoms with Crippen LogP contribution in [-0.4, -0.2) is 29.3 Å². The number of hydrogen-bond acceptors (Lipinski definition) is 3. The van der Waals surface area contributed by atoms with E-state index in [1.54, 1.807) is 13.3 Å². The third-order valence-electron chi connectivity index (χ3n) is 3.42. The van der Waals surface area contributed by atoms with Crippen molar-refractivity contribution < 1.29 is 9.53 Å². The first-order valence-electron chi connectivity index (χ1n) is 5.79. The molecule has 5 heteroatoms. The fraction of sp³-hybridized carbons (Fsp3) is 0.667. The van der Waals surface area contributed by atoms with Gasteiger partial charge in [-0.25, -0.2) is 0 Å². The molecule has 0 N–H and O–H groups in total. The number of carbonyl (C=O) groups is 1. The molecule has 1 aliphatic rings. The van der Waals surface area contributed by atoms with Gasteiger partial charge in [0.2, 0.25) is 0 Å². The molecule has 0 spiro atoms. The largest absolute Gasteiger partial charge is 0.383 e. The Morgan fingerprint density at radius 2 is 2.41 bits per heavy atom. The summed E-state index contributed by atoms with van der Waals surface area (Å²) in [6, 6.07) is 0. The van der Waals surface area contributed by atoms with Crippen molar-refractivity contribution >= 4 is 21.7 Å². The van der Waals surface area contributed by atoms with Gasteiger partial charge in [-0.05, 0) is 22.4 Å². The molecule has 0 bridgehead atoms. The van der Waals surface area contributed by atoms with Crippen LogP contribution in [0.2, 0.25) is 0 Å². The Balaban J connectivity index is 2.30. The Morgan fingerprint density at radius 1 is 1.65 bits per heavy atom. The highest BCUT2D eigenvalue weighted by atomic mass is 79.9. The predicted molar refractivity (Wildman–Crippen MR) is 68.0 cm³/mol. The quantitative estimate of drug-likeness (QED) is 0.857. The predicted octanol–water partition coefficient (Wildman–Crippen LogP) is 2.30. The molecule has 94 valence electrons. The molecular formula is C12H17BrN2O2. The Morgan fingerprint density at radius 3 is 3.00 bits per heavy atom. The fourth-order valence-corrected chi connectivity index (χ4v) is 3.31. The molecule has 0 saturated heterocycles. The average molecular weight is 301 g/mol. The van der Waals surface area contributed by atoms with Crippen molar-refractivity contribution in [2.24, 2.45) is 0 Å². The molecule has 0 amide bonds. The van der Waals surface area contributed by atoms with Gasteiger partial charge in [-0.1, -0.05) is 6.92 Å². The molecule has 1 aliphatic carbocycles. The van der Waals surface area contributed by atoms with Gasteiger partial charge < -0.3 is 4.74 Å². The molecular weight excluding hydrogens is 284 g/mol. The Bertz CT molecular complexity index is 430. The van der Waals surface area contributed by atoms with E-state index < -0.39 is 0 Å². The molecule has 4 nitrogen and oxygen atoms in total. The van der Waals surface area contributed by atoms with Gasteiger partial charge in [-0.2, -0.15) is 5.10 Å². The van der Waals surface area contributed by atoms with Gasteiger partial charge in [0.1, 0.15) is 5.78 Å². The van der Waals surface area contributed by atoms with E-state index in [2.05, 4.69) is 28.0 Å². The lowest BCUT2D eigenvalue weighted by Gasteiger charge is -2.24. The number of nitrogens with zero attached hydrogens (tertiary/aromatic N) is 2. The molecule has 1 fully saturated rings. The molecule has 1 unspecified atom stereocenters. The molecule has 0 aromatic carbocycles. The second-order valence-corrected chi connectivity index (χ2v) is 5.69. The monoisotopic (exact) mass is 300 g/mol. The van der Waals surface area contributed by atoms with Crippen molar-refractivity contribution in [1.29, 1.82) is 0 Å². The van der Waals surface area contributed by atoms with E-state index in [-0.39, 0.29) is 5.41 Å². The lowest BCUT2D eigenvalue weighted by atomic mass is 9.85. The first kappa shape index (κ1) is 12.8. The maximum atomic E-state index is 11.5. The molecule has 1 aromatic rings. The molecule has 1 aromatic heterocycles. The number of aromatic nitrogens is 2. The summed E-state index contributed by atoms with van der Waals surface area (Å²) in [6.07, 6.45) is 4.00. The molecule has 17 heavy (non-hydrogen) atoms. The highest BCUT2D eigenvalue weighted by Crippen LogP contribution is 2.41. The maximum absolute atomic E-state index is 11.5. The van der Waals surface area contributed by atoms with Crippen LogP contribution >= 0.6 is 15.9 Å². The topological polar surface area (TPSA) is 44.1 Å². The summed E-state index contributed by atoms with van der Waals surface area (Å²) in [4.78, 5) is 11.5. The standard InChI is InChI=1S/C12H17BrN2O2/c1-12(4-3-9(16)7-12)11-10(13)8-14-15(11)5-6-17-2/h8H,3-7H2,1-2H3. The highest BCUT2D eigenvalue weighted by molar-refractivity contribution is 9.10. The van der Waals surface area contributed by atoms with Gasteiger partial charge >= 0.3 is 0 Å². The van der Waals surface area contributed by atoms with Gasteiger partial charge in [0.05, 0.1) is 29.5 Å². The third kappa shape index (κ3) is 2.45. The number of ether oxygens (including phenoxy) is 1. The van der Waals surface area contributed by atoms with Crippen molar-refractivity contribution in [3.05, 3.63) is 16.4 Å². The van der Waals surface area contributed by atoms with Crippen molar-refractivity contribution in [3.63, 3.8) is 0 Å². The molecule has 2 rings (SSSR count). The lowest BCUT2D eigenvalue weighted by Crippen LogP contribution is -2.24. The van der Waals surface area contributed by atoms with Crippen molar-refractivity contribution in [2.45, 2.75) is 38.1 Å². The van der Waals surface area contributed by atoms with Crippen LogP contribution in [0.15, 0.2) is 10.7 Å². The first-order valence-corrected chi connectivity index (χ1v) is 6.58. The number of hydrogen-bond donors (Lipinski definition) is 0. The zero-order valence-corrected chi connectivity index (χ0v) is 11.8. The first-order chi connectivity index (χ1) is 8.07. The molecule has 1 saturated carbocycles. The smallest absolute Gasteiger partial charge is 0.133 e. The fourth-order valence-electron chi connectivity index (χ4n) is 2.54. The summed E-state index contributed by atoms with van der Waals surface area (Å²) in [6.45, 7) is 3.50. The van der Waals surface area contributed by atoms with Crippen molar-refractivity contribution in [3.8, 4) is 0 Å². The van der Waals surface area contributed by atoms with Crippen LogP contribution in [0, 0.1) is 0 Å². The summed E-state index contributed by atoms with van der Waals surface area (Å²) in [5.41, 5.74) is 1.04. The van der Waals surface area contributed by atoms with Crippen LogP contribution in [0.1, 0.15) is 31.9 Å². The van der Waals surface area contributed by atoms with Crippen molar-refractivity contribution in [2.75, 3.05) is 13.7 Å². The van der Waals surface area contributed by atoms with Gasteiger partial charge in [0.15, 0.2) is 0 Å². The number of Topliss-reactive ketones (excluding diaryl/α,β-unsaturated/α-hetero) is 1. The second-order valence-electron chi connectivity index (χ2n) is 4.83. The minimum Gasteiger partial charge on any atom is -0.383 e. The van der Waals surface area contributed by atoms with Crippen molar-refractivity contribution in [1.82, 2.24) is 9.78 Å². The lowest BCUT2D eigenvalue weighted by molar-refractivity contribution is -0.117. The summed E-state index contributed by atoms with van der Waals surface area (Å²) in [5, 5.41) is 4.35. The van der Waals surface area contributed by atoms with Crippen LogP contribution in [0.3, 0.4) is 0 Å².